The van der Waals surface area contributed by atoms with Crippen molar-refractivity contribution >= 4 is 78.0 Å². The summed E-state index contributed by atoms with van der Waals surface area (Å²) in [6.45, 7) is 0. The Balaban J connectivity index is 1.01. The quantitative estimate of drug-likeness (QED) is 0.138. The molecule has 0 radical (unpaired) electrons. The Labute approximate surface area is 346 Å². The second-order valence-electron chi connectivity index (χ2n) is 14.6. The fourth-order valence-corrected chi connectivity index (χ4v) is 7.93. The van der Waals surface area contributed by atoms with Crippen LogP contribution in [0.25, 0.3) is 43.9 Å². The molecule has 286 valence electrons. The molecule has 0 atom stereocenters. The van der Waals surface area contributed by atoms with Crippen LogP contribution in [0.1, 0.15) is 0 Å². The fourth-order valence-electron chi connectivity index (χ4n) is 7.93. The number of furan rings is 2. The lowest BCUT2D eigenvalue weighted by molar-refractivity contribution is 0.482. The number of rotatable bonds is 10. The van der Waals surface area contributed by atoms with Crippen LogP contribution in [0.4, 0.5) is 34.1 Å². The maximum absolute atomic E-state index is 6.50. The summed E-state index contributed by atoms with van der Waals surface area (Å²) in [7, 11) is 0. The number of ether oxygens (including phenoxy) is 2. The van der Waals surface area contributed by atoms with Crippen molar-refractivity contribution in [3.05, 3.63) is 218 Å². The van der Waals surface area contributed by atoms with Gasteiger partial charge in [-0.25, -0.2) is 0 Å². The normalized spacial score (nSPS) is 11.3. The van der Waals surface area contributed by atoms with Gasteiger partial charge < -0.3 is 28.1 Å². The number of fused-ring (bicyclic) bond motifs is 6. The van der Waals surface area contributed by atoms with E-state index in [1.54, 1.807) is 0 Å². The minimum Gasteiger partial charge on any atom is -0.457 e. The molecule has 0 amide bonds. The summed E-state index contributed by atoms with van der Waals surface area (Å²) >= 11 is 0. The Morgan fingerprint density at radius 3 is 1.03 bits per heavy atom. The van der Waals surface area contributed by atoms with Crippen molar-refractivity contribution < 1.29 is 18.3 Å². The third kappa shape index (κ3) is 6.62. The van der Waals surface area contributed by atoms with E-state index in [4.69, 9.17) is 18.3 Å². The summed E-state index contributed by atoms with van der Waals surface area (Å²) in [6, 6.07) is 73.8. The van der Waals surface area contributed by atoms with E-state index >= 15 is 0 Å². The van der Waals surface area contributed by atoms with Gasteiger partial charge in [-0.05, 0) is 146 Å². The molecule has 0 unspecified atom stereocenters. The van der Waals surface area contributed by atoms with E-state index in [-0.39, 0.29) is 0 Å². The highest BCUT2D eigenvalue weighted by molar-refractivity contribution is 6.09. The molecule has 6 nitrogen and oxygen atoms in total. The molecule has 2 aromatic heterocycles. The third-order valence-corrected chi connectivity index (χ3v) is 10.7. The van der Waals surface area contributed by atoms with Crippen molar-refractivity contribution in [1.82, 2.24) is 0 Å². The van der Waals surface area contributed by atoms with Crippen LogP contribution in [0.15, 0.2) is 227 Å². The van der Waals surface area contributed by atoms with Crippen LogP contribution in [-0.2, 0) is 0 Å². The van der Waals surface area contributed by atoms with Gasteiger partial charge in [0.15, 0.2) is 0 Å². The summed E-state index contributed by atoms with van der Waals surface area (Å²) in [5.74, 6) is 3.08. The summed E-state index contributed by atoms with van der Waals surface area (Å²) in [6.07, 6.45) is 0. The van der Waals surface area contributed by atoms with Crippen molar-refractivity contribution in [2.24, 2.45) is 0 Å². The van der Waals surface area contributed by atoms with Crippen LogP contribution in [0, 0.1) is 0 Å². The molecule has 11 aromatic rings. The monoisotopic (exact) mass is 776 g/mol. The highest BCUT2D eigenvalue weighted by Gasteiger charge is 2.20. The van der Waals surface area contributed by atoms with Crippen LogP contribution in [0.5, 0.6) is 23.0 Å². The smallest absolute Gasteiger partial charge is 0.135 e. The molecule has 0 aliphatic heterocycles. The molecule has 0 N–H and O–H groups in total. The molecule has 0 bridgehead atoms. The SMILES string of the molecule is c1ccc(Oc2ccc(N(c3ccc(Oc4ccccc4)cc3)c3ccc4oc5ccc(N(c6ccccc6)c6ccc7oc8ccccc8c7c6)cc5c4c3)cc2)cc1. The van der Waals surface area contributed by atoms with E-state index in [9.17, 15) is 0 Å². The van der Waals surface area contributed by atoms with Crippen molar-refractivity contribution in [3.63, 3.8) is 0 Å². The first kappa shape index (κ1) is 35.0. The second kappa shape index (κ2) is 14.9. The van der Waals surface area contributed by atoms with Crippen LogP contribution in [0.3, 0.4) is 0 Å². The van der Waals surface area contributed by atoms with Crippen LogP contribution in [-0.4, -0.2) is 0 Å². The fraction of sp³-hybridized carbons (Fsp3) is 0. The molecular weight excluding hydrogens is 741 g/mol. The lowest BCUT2D eigenvalue weighted by atomic mass is 10.1. The summed E-state index contributed by atoms with van der Waals surface area (Å²) in [4.78, 5) is 4.52. The molecule has 9 aromatic carbocycles. The molecule has 2 heterocycles. The van der Waals surface area contributed by atoms with Gasteiger partial charge >= 0.3 is 0 Å². The van der Waals surface area contributed by atoms with E-state index in [0.717, 1.165) is 101 Å². The van der Waals surface area contributed by atoms with Crippen LogP contribution in [0.2, 0.25) is 0 Å². The zero-order valence-electron chi connectivity index (χ0n) is 32.3. The van der Waals surface area contributed by atoms with E-state index in [1.807, 2.05) is 103 Å². The number of nitrogens with zero attached hydrogens (tertiary/aromatic N) is 2. The maximum Gasteiger partial charge on any atom is 0.135 e. The van der Waals surface area contributed by atoms with Gasteiger partial charge in [0.25, 0.3) is 0 Å². The number of benzene rings is 9. The third-order valence-electron chi connectivity index (χ3n) is 10.7. The van der Waals surface area contributed by atoms with Gasteiger partial charge in [0, 0.05) is 55.7 Å². The Bertz CT molecular complexity index is 3170. The maximum atomic E-state index is 6.50. The molecule has 0 aliphatic rings. The molecule has 0 saturated heterocycles. The Morgan fingerprint density at radius 2 is 0.567 bits per heavy atom. The lowest BCUT2D eigenvalue weighted by Crippen LogP contribution is -2.10. The average molecular weight is 777 g/mol. The standard InChI is InChI=1S/C54H36N2O4/c1-4-12-37(13-5-1)56(41-25-31-52-48(34-41)47-18-10-11-19-51(47)59-52)42-26-33-54-50(36-42)49-35-40(24-32-53(49)60-54)55(38-20-27-45(28-21-38)57-43-14-6-2-7-15-43)39-22-29-46(30-23-39)58-44-16-8-3-9-17-44/h1-36H. The van der Waals surface area contributed by atoms with Crippen molar-refractivity contribution in [2.75, 3.05) is 9.80 Å². The molecule has 0 spiro atoms. The van der Waals surface area contributed by atoms with Crippen molar-refractivity contribution in [2.45, 2.75) is 0 Å². The van der Waals surface area contributed by atoms with E-state index in [2.05, 4.69) is 125 Å². The van der Waals surface area contributed by atoms with Gasteiger partial charge in [-0.3, -0.25) is 0 Å². The first-order valence-electron chi connectivity index (χ1n) is 19.9. The van der Waals surface area contributed by atoms with Crippen molar-refractivity contribution in [1.29, 1.82) is 0 Å². The predicted octanol–water partition coefficient (Wildman–Crippen LogP) is 16.0. The Morgan fingerprint density at radius 1 is 0.250 bits per heavy atom. The molecule has 0 aliphatic carbocycles. The highest BCUT2D eigenvalue weighted by Crippen LogP contribution is 2.43. The Kier molecular flexibility index (Phi) is 8.71. The van der Waals surface area contributed by atoms with E-state index < -0.39 is 0 Å². The number of hydrogen-bond acceptors (Lipinski definition) is 6. The summed E-state index contributed by atoms with van der Waals surface area (Å²) < 4.78 is 25.0. The molecular formula is C54H36N2O4. The van der Waals surface area contributed by atoms with Gasteiger partial charge in [0.05, 0.1) is 0 Å². The number of hydrogen-bond donors (Lipinski definition) is 0. The Hall–Kier alpha value is -8.22. The molecule has 11 rings (SSSR count). The molecule has 60 heavy (non-hydrogen) atoms. The van der Waals surface area contributed by atoms with E-state index in [0.29, 0.717) is 0 Å². The zero-order chi connectivity index (χ0) is 39.8. The van der Waals surface area contributed by atoms with Gasteiger partial charge in [0.1, 0.15) is 45.3 Å². The highest BCUT2D eigenvalue weighted by atomic mass is 16.5. The largest absolute Gasteiger partial charge is 0.457 e. The molecule has 6 heteroatoms. The topological polar surface area (TPSA) is 51.2 Å². The lowest BCUT2D eigenvalue weighted by Gasteiger charge is -2.26. The first-order valence-corrected chi connectivity index (χ1v) is 19.9. The molecule has 0 fully saturated rings. The number of para-hydroxylation sites is 4. The summed E-state index contributed by atoms with van der Waals surface area (Å²) in [5.41, 5.74) is 9.35. The minimum absolute atomic E-state index is 0.753. The predicted molar refractivity (Wildman–Crippen MR) is 243 cm³/mol. The van der Waals surface area contributed by atoms with Gasteiger partial charge in [0.2, 0.25) is 0 Å². The van der Waals surface area contributed by atoms with E-state index in [1.165, 1.54) is 0 Å². The van der Waals surface area contributed by atoms with Gasteiger partial charge in [-0.15, -0.1) is 0 Å². The molecule has 0 saturated carbocycles. The first-order chi connectivity index (χ1) is 29.7. The van der Waals surface area contributed by atoms with Crippen molar-refractivity contribution in [3.8, 4) is 23.0 Å². The van der Waals surface area contributed by atoms with Gasteiger partial charge in [-0.2, -0.15) is 0 Å². The van der Waals surface area contributed by atoms with Crippen LogP contribution >= 0.6 is 0 Å². The average Bonchev–Trinajstić information content (AvgIpc) is 3.86. The second-order valence-corrected chi connectivity index (χ2v) is 14.6. The minimum atomic E-state index is 0.753. The van der Waals surface area contributed by atoms with Crippen LogP contribution < -0.4 is 19.3 Å². The van der Waals surface area contributed by atoms with Gasteiger partial charge in [-0.1, -0.05) is 72.8 Å². The summed E-state index contributed by atoms with van der Waals surface area (Å²) in [5, 5.41) is 4.18. The zero-order valence-corrected chi connectivity index (χ0v) is 32.3. The number of anilines is 6.